The maximum Gasteiger partial charge on any atom is 0.0271 e. The predicted molar refractivity (Wildman–Crippen MR) is 65.8 cm³/mol. The highest BCUT2D eigenvalue weighted by atomic mass is 79.9. The monoisotopic (exact) mass is 360 g/mol. The van der Waals surface area contributed by atoms with Crippen molar-refractivity contribution in [3.05, 3.63) is 0 Å². The predicted octanol–water partition coefficient (Wildman–Crippen LogP) is 4.49. The van der Waals surface area contributed by atoms with Crippen molar-refractivity contribution in [3.63, 3.8) is 0 Å². The molecule has 0 aromatic carbocycles. The van der Waals surface area contributed by atoms with Gasteiger partial charge in [-0.3, -0.25) is 0 Å². The molecule has 0 spiro atoms. The minimum atomic E-state index is 0.657. The lowest BCUT2D eigenvalue weighted by atomic mass is 9.92. The zero-order valence-electron chi connectivity index (χ0n) is 7.27. The molecule has 0 nitrogen and oxygen atoms in total. The summed E-state index contributed by atoms with van der Waals surface area (Å²) in [5.41, 5.74) is 0. The number of halogens is 3. The zero-order valence-corrected chi connectivity index (χ0v) is 12.0. The molecule has 0 aromatic rings. The van der Waals surface area contributed by atoms with Gasteiger partial charge in [0.2, 0.25) is 0 Å². The van der Waals surface area contributed by atoms with Crippen molar-refractivity contribution in [2.75, 3.05) is 0 Å². The molecule has 0 aliphatic heterocycles. The first kappa shape index (κ1) is 11.5. The average Bonchev–Trinajstić information content (AvgIpc) is 2.07. The molecule has 3 heteroatoms. The van der Waals surface area contributed by atoms with E-state index in [1.54, 1.807) is 0 Å². The number of hydrogen-bond donors (Lipinski definition) is 0. The Labute approximate surface area is 100 Å². The third-order valence-corrected chi connectivity index (χ3v) is 6.89. The number of rotatable bonds is 0. The van der Waals surface area contributed by atoms with E-state index >= 15 is 0 Å². The van der Waals surface area contributed by atoms with Gasteiger partial charge in [-0.1, -0.05) is 54.7 Å². The highest BCUT2D eigenvalue weighted by Crippen LogP contribution is 2.33. The molecular weight excluding hydrogens is 348 g/mol. The summed E-state index contributed by atoms with van der Waals surface area (Å²) in [6.07, 6.45) is 5.18. The lowest BCUT2D eigenvalue weighted by Gasteiger charge is -2.26. The fraction of sp³-hybridized carbons (Fsp3) is 1.00. The molecule has 0 bridgehead atoms. The van der Waals surface area contributed by atoms with Crippen LogP contribution in [0.1, 0.15) is 32.6 Å². The first-order chi connectivity index (χ1) is 5.61. The van der Waals surface area contributed by atoms with Crippen molar-refractivity contribution < 1.29 is 0 Å². The maximum atomic E-state index is 3.75. The summed E-state index contributed by atoms with van der Waals surface area (Å²) in [6, 6.07) is 0. The summed E-state index contributed by atoms with van der Waals surface area (Å²) < 4.78 is 0. The van der Waals surface area contributed by atoms with Crippen LogP contribution in [0.4, 0.5) is 0 Å². The highest BCUT2D eigenvalue weighted by molar-refractivity contribution is 9.12. The second kappa shape index (κ2) is 5.35. The van der Waals surface area contributed by atoms with Crippen LogP contribution in [-0.4, -0.2) is 14.5 Å². The van der Waals surface area contributed by atoms with Crippen molar-refractivity contribution in [3.8, 4) is 0 Å². The summed E-state index contributed by atoms with van der Waals surface area (Å²) in [5.74, 6) is 0.824. The van der Waals surface area contributed by atoms with Gasteiger partial charge in [-0.2, -0.15) is 0 Å². The van der Waals surface area contributed by atoms with Gasteiger partial charge in [0.1, 0.15) is 0 Å². The molecule has 1 rings (SSSR count). The largest absolute Gasteiger partial charge is 0.0888 e. The van der Waals surface area contributed by atoms with Crippen LogP contribution in [0.3, 0.4) is 0 Å². The van der Waals surface area contributed by atoms with E-state index in [-0.39, 0.29) is 0 Å². The quantitative estimate of drug-likeness (QED) is 0.557. The smallest absolute Gasteiger partial charge is 0.0271 e. The molecule has 1 saturated carbocycles. The Bertz CT molecular complexity index is 106. The van der Waals surface area contributed by atoms with Crippen molar-refractivity contribution in [1.29, 1.82) is 0 Å². The summed E-state index contributed by atoms with van der Waals surface area (Å²) >= 11 is 11.2. The minimum Gasteiger partial charge on any atom is -0.0888 e. The molecule has 0 heterocycles. The van der Waals surface area contributed by atoms with E-state index in [1.165, 1.54) is 25.7 Å². The van der Waals surface area contributed by atoms with E-state index in [0.29, 0.717) is 9.65 Å². The molecule has 2 unspecified atom stereocenters. The SMILES string of the molecule is CC1CC[C@@H](Br)[C@H](Br)CCC1Br. The Kier molecular flexibility index (Phi) is 5.14. The molecule has 4 atom stereocenters. The van der Waals surface area contributed by atoms with Gasteiger partial charge in [-0.05, 0) is 31.6 Å². The molecule has 1 aliphatic carbocycles. The van der Waals surface area contributed by atoms with Crippen LogP contribution in [0, 0.1) is 5.92 Å². The van der Waals surface area contributed by atoms with Gasteiger partial charge >= 0.3 is 0 Å². The Morgan fingerprint density at radius 1 is 0.750 bits per heavy atom. The third-order valence-electron chi connectivity index (χ3n) is 2.63. The lowest BCUT2D eigenvalue weighted by molar-refractivity contribution is 0.434. The second-order valence-corrected chi connectivity index (χ2v) is 7.21. The van der Waals surface area contributed by atoms with E-state index in [2.05, 4.69) is 54.7 Å². The standard InChI is InChI=1S/C9H15Br3/c1-6-2-3-8(11)9(12)5-4-7(6)10/h6-9H,2-5H2,1H3/t6?,7?,8-,9-/m1/s1. The molecule has 1 aliphatic rings. The van der Waals surface area contributed by atoms with Gasteiger partial charge in [0.05, 0.1) is 0 Å². The lowest BCUT2D eigenvalue weighted by Crippen LogP contribution is -2.23. The minimum absolute atomic E-state index is 0.657. The fourth-order valence-electron chi connectivity index (χ4n) is 1.57. The van der Waals surface area contributed by atoms with Crippen LogP contribution in [0.25, 0.3) is 0 Å². The van der Waals surface area contributed by atoms with Crippen LogP contribution >= 0.6 is 47.8 Å². The second-order valence-electron chi connectivity index (χ2n) is 3.68. The average molecular weight is 363 g/mol. The molecule has 0 N–H and O–H groups in total. The van der Waals surface area contributed by atoms with E-state index in [0.717, 1.165) is 10.7 Å². The number of alkyl halides is 3. The first-order valence-corrected chi connectivity index (χ1v) is 7.28. The maximum absolute atomic E-state index is 3.75. The highest BCUT2D eigenvalue weighted by Gasteiger charge is 2.24. The van der Waals surface area contributed by atoms with Crippen LogP contribution in [0.2, 0.25) is 0 Å². The van der Waals surface area contributed by atoms with Gasteiger partial charge in [0.25, 0.3) is 0 Å². The summed E-state index contributed by atoms with van der Waals surface area (Å²) in [5, 5.41) is 0. The molecule has 1 fully saturated rings. The molecule has 72 valence electrons. The van der Waals surface area contributed by atoms with Gasteiger partial charge in [0, 0.05) is 14.5 Å². The summed E-state index contributed by atoms with van der Waals surface area (Å²) in [7, 11) is 0. The van der Waals surface area contributed by atoms with Crippen molar-refractivity contribution in [2.45, 2.75) is 47.1 Å². The molecule has 0 aromatic heterocycles. The van der Waals surface area contributed by atoms with Crippen LogP contribution in [-0.2, 0) is 0 Å². The topological polar surface area (TPSA) is 0 Å². The van der Waals surface area contributed by atoms with Gasteiger partial charge in [-0.25, -0.2) is 0 Å². The van der Waals surface area contributed by atoms with Gasteiger partial charge in [-0.15, -0.1) is 0 Å². The Hall–Kier alpha value is 1.44. The van der Waals surface area contributed by atoms with E-state index in [9.17, 15) is 0 Å². The molecular formula is C9H15Br3. The first-order valence-electron chi connectivity index (χ1n) is 4.53. The van der Waals surface area contributed by atoms with E-state index in [1.807, 2.05) is 0 Å². The Balaban J connectivity index is 2.45. The van der Waals surface area contributed by atoms with E-state index in [4.69, 9.17) is 0 Å². The van der Waals surface area contributed by atoms with Crippen molar-refractivity contribution in [1.82, 2.24) is 0 Å². The molecule has 0 amide bonds. The Morgan fingerprint density at radius 2 is 1.17 bits per heavy atom. The Morgan fingerprint density at radius 3 is 1.75 bits per heavy atom. The van der Waals surface area contributed by atoms with Crippen LogP contribution in [0.5, 0.6) is 0 Å². The summed E-state index contributed by atoms with van der Waals surface area (Å²) in [6.45, 7) is 2.34. The molecule has 0 radical (unpaired) electrons. The molecule has 0 saturated heterocycles. The normalized spacial score (nSPS) is 45.0. The van der Waals surface area contributed by atoms with Crippen molar-refractivity contribution >= 4 is 47.8 Å². The van der Waals surface area contributed by atoms with Gasteiger partial charge in [0.15, 0.2) is 0 Å². The number of hydrogen-bond acceptors (Lipinski definition) is 0. The zero-order chi connectivity index (χ0) is 9.14. The fourth-order valence-corrected chi connectivity index (χ4v) is 3.15. The van der Waals surface area contributed by atoms with Gasteiger partial charge < -0.3 is 0 Å². The van der Waals surface area contributed by atoms with Crippen LogP contribution < -0.4 is 0 Å². The van der Waals surface area contributed by atoms with Crippen LogP contribution in [0.15, 0.2) is 0 Å². The summed E-state index contributed by atoms with van der Waals surface area (Å²) in [4.78, 5) is 2.04. The van der Waals surface area contributed by atoms with Crippen molar-refractivity contribution in [2.24, 2.45) is 5.92 Å². The molecule has 12 heavy (non-hydrogen) atoms. The van der Waals surface area contributed by atoms with E-state index < -0.39 is 0 Å². The third kappa shape index (κ3) is 3.30.